The fraction of sp³-hybridized carbons (Fsp3) is 0.543. The van der Waals surface area contributed by atoms with Gasteiger partial charge in [-0.15, -0.1) is 11.3 Å². The Balaban J connectivity index is 0.994. The molecule has 0 saturated heterocycles. The molecular weight excluding hydrogens is 848 g/mol. The van der Waals surface area contributed by atoms with Crippen LogP contribution in [0.15, 0.2) is 58.7 Å². The number of aromatic amines is 1. The number of esters is 1. The van der Waals surface area contributed by atoms with Crippen LogP contribution in [0.4, 0.5) is 10.5 Å². The van der Waals surface area contributed by atoms with Crippen LogP contribution in [-0.2, 0) is 30.8 Å². The molecule has 0 unspecified atom stereocenters. The van der Waals surface area contributed by atoms with Crippen molar-refractivity contribution >= 4 is 59.9 Å². The number of thiophene rings is 1. The van der Waals surface area contributed by atoms with Gasteiger partial charge in [-0.2, -0.15) is 0 Å². The smallest absolute Gasteiger partial charge is 0.411 e. The number of halogens is 1. The van der Waals surface area contributed by atoms with Gasteiger partial charge in [-0.25, -0.2) is 9.59 Å². The van der Waals surface area contributed by atoms with Crippen LogP contribution in [0.25, 0.3) is 10.9 Å². The molecule has 0 spiro atoms. The van der Waals surface area contributed by atoms with Crippen molar-refractivity contribution in [1.29, 1.82) is 0 Å². The van der Waals surface area contributed by atoms with E-state index in [0.29, 0.717) is 64.7 Å². The third-order valence-electron chi connectivity index (χ3n) is 13.1. The lowest BCUT2D eigenvalue weighted by molar-refractivity contribution is -0.180. The summed E-state index contributed by atoms with van der Waals surface area (Å²) >= 11 is 8.11. The zero-order chi connectivity index (χ0) is 44.8. The molecule has 62 heavy (non-hydrogen) atoms. The number of ether oxygens (including phenoxy) is 3. The van der Waals surface area contributed by atoms with Crippen molar-refractivity contribution in [3.8, 4) is 11.5 Å². The molecule has 6 rings (SSSR count). The van der Waals surface area contributed by atoms with Gasteiger partial charge in [0.1, 0.15) is 24.2 Å². The van der Waals surface area contributed by atoms with Crippen molar-refractivity contribution in [3.05, 3.63) is 85.3 Å². The Morgan fingerprint density at radius 3 is 2.44 bits per heavy atom. The number of pyridine rings is 1. The summed E-state index contributed by atoms with van der Waals surface area (Å²) in [6, 6.07) is 13.9. The van der Waals surface area contributed by atoms with E-state index in [1.807, 2.05) is 30.6 Å². The first kappa shape index (κ1) is 47.5. The van der Waals surface area contributed by atoms with Crippen LogP contribution in [0.5, 0.6) is 11.5 Å². The zero-order valence-corrected chi connectivity index (χ0v) is 39.5. The van der Waals surface area contributed by atoms with Crippen molar-refractivity contribution in [2.24, 2.45) is 5.92 Å². The highest BCUT2D eigenvalue weighted by Gasteiger charge is 2.49. The van der Waals surface area contributed by atoms with Crippen LogP contribution < -0.4 is 20.9 Å². The number of rotatable bonds is 17. The minimum absolute atomic E-state index is 0.0136. The predicted octanol–water partition coefficient (Wildman–Crippen LogP) is 9.22. The topological polar surface area (TPSA) is 172 Å². The van der Waals surface area contributed by atoms with Gasteiger partial charge in [-0.3, -0.25) is 10.1 Å². The molecule has 0 aliphatic heterocycles. The number of aromatic hydroxyl groups is 1. The number of aromatic nitrogens is 1. The third kappa shape index (κ3) is 11.0. The van der Waals surface area contributed by atoms with Crippen molar-refractivity contribution in [3.63, 3.8) is 0 Å². The van der Waals surface area contributed by atoms with E-state index in [0.717, 1.165) is 49.7 Å². The molecule has 13 nitrogen and oxygen atoms in total. The number of carbonyl (C=O) groups excluding carboxylic acids is 2. The van der Waals surface area contributed by atoms with E-state index in [1.165, 1.54) is 17.4 Å². The van der Waals surface area contributed by atoms with Gasteiger partial charge in [0, 0.05) is 59.6 Å². The molecule has 2 fully saturated rings. The van der Waals surface area contributed by atoms with E-state index >= 15 is 0 Å². The van der Waals surface area contributed by atoms with Crippen LogP contribution in [0.2, 0.25) is 23.2 Å². The molecule has 2 heterocycles. The molecule has 338 valence electrons. The molecule has 2 aromatic heterocycles. The number of phenolic OH excluding ortho intramolecular Hbond substituents is 1. The summed E-state index contributed by atoms with van der Waals surface area (Å²) in [5, 5.41) is 31.3. The van der Waals surface area contributed by atoms with Gasteiger partial charge in [0.25, 0.3) is 0 Å². The van der Waals surface area contributed by atoms with Crippen LogP contribution in [-0.4, -0.2) is 86.5 Å². The van der Waals surface area contributed by atoms with E-state index in [2.05, 4.69) is 54.4 Å². The molecule has 4 aromatic rings. The Bertz CT molecular complexity index is 2220. The number of aliphatic hydroxyl groups is 1. The molecule has 0 radical (unpaired) electrons. The summed E-state index contributed by atoms with van der Waals surface area (Å²) in [5.74, 6) is -0.143. The van der Waals surface area contributed by atoms with Crippen molar-refractivity contribution in [2.75, 3.05) is 39.2 Å². The highest BCUT2D eigenvalue weighted by Crippen LogP contribution is 2.44. The number of phenols is 1. The summed E-state index contributed by atoms with van der Waals surface area (Å²) in [4.78, 5) is 44.1. The summed E-state index contributed by atoms with van der Waals surface area (Å²) in [6.07, 6.45) is 5.38. The van der Waals surface area contributed by atoms with Gasteiger partial charge in [-0.05, 0) is 98.9 Å². The van der Waals surface area contributed by atoms with Gasteiger partial charge < -0.3 is 44.1 Å². The fourth-order valence-electron chi connectivity index (χ4n) is 8.41. The molecule has 0 bridgehead atoms. The maximum Gasteiger partial charge on any atom is 0.411 e. The molecule has 2 atom stereocenters. The lowest BCUT2D eigenvalue weighted by atomic mass is 9.84. The number of hydrogen-bond donors (Lipinski definition) is 5. The number of H-pyrrole nitrogens is 1. The van der Waals surface area contributed by atoms with Crippen molar-refractivity contribution < 1.29 is 38.4 Å². The van der Waals surface area contributed by atoms with E-state index in [1.54, 1.807) is 31.4 Å². The first-order chi connectivity index (χ1) is 29.4. The highest BCUT2D eigenvalue weighted by atomic mass is 35.5. The van der Waals surface area contributed by atoms with Crippen molar-refractivity contribution in [1.82, 2.24) is 15.2 Å². The van der Waals surface area contributed by atoms with E-state index in [9.17, 15) is 24.6 Å². The zero-order valence-electron chi connectivity index (χ0n) is 37.0. The molecule has 2 saturated carbocycles. The minimum Gasteiger partial charge on any atom is -0.506 e. The quantitative estimate of drug-likeness (QED) is 0.0505. The molecule has 2 aliphatic carbocycles. The minimum atomic E-state index is -2.29. The Morgan fingerprint density at radius 2 is 1.77 bits per heavy atom. The number of hydrogen-bond acceptors (Lipinski definition) is 12. The number of benzene rings is 2. The number of fused-ring (bicyclic) bond motifs is 1. The lowest BCUT2D eigenvalue weighted by Crippen LogP contribution is -2.45. The number of nitrogens with one attached hydrogen (secondary N) is 3. The summed E-state index contributed by atoms with van der Waals surface area (Å²) in [6.45, 7) is 12.3. The summed E-state index contributed by atoms with van der Waals surface area (Å²) < 4.78 is 24.2. The first-order valence-corrected chi connectivity index (χ1v) is 25.8. The first-order valence-electron chi connectivity index (χ1n) is 21.6. The maximum atomic E-state index is 13.5. The van der Waals surface area contributed by atoms with Crippen LogP contribution in [0, 0.1) is 5.92 Å². The van der Waals surface area contributed by atoms with Gasteiger partial charge in [0.15, 0.2) is 13.9 Å². The molecule has 2 aliphatic rings. The van der Waals surface area contributed by atoms with Crippen LogP contribution in [0.1, 0.15) is 94.2 Å². The SMILES string of the molecule is COc1cc(NC(=O)OCCN(C)C2CCC(OC(=O)[C@](O)(c3cccs3)C3CCCC3)CC2)c(Cl)cc1CNC[C@H](O[Si](C)(C)C(C)(C)C)c1ccc(O)c2[nH]c(=O)ccc12. The molecule has 1 amide bonds. The second-order valence-electron chi connectivity index (χ2n) is 18.2. The van der Waals surface area contributed by atoms with E-state index in [-0.39, 0.29) is 41.0 Å². The number of likely N-dealkylation sites (N-methyl/N-ethyl adjacent to an activating group) is 1. The van der Waals surface area contributed by atoms with Crippen molar-refractivity contribution in [2.45, 2.75) is 121 Å². The average molecular weight is 912 g/mol. The molecule has 2 aromatic carbocycles. The molecule has 16 heteroatoms. The van der Waals surface area contributed by atoms with Gasteiger partial charge >= 0.3 is 12.1 Å². The maximum absolute atomic E-state index is 13.5. The monoisotopic (exact) mass is 910 g/mol. The second kappa shape index (κ2) is 20.3. The van der Waals surface area contributed by atoms with Gasteiger partial charge in [0.05, 0.1) is 29.4 Å². The largest absolute Gasteiger partial charge is 0.506 e. The Kier molecular flexibility index (Phi) is 15.5. The lowest BCUT2D eigenvalue weighted by Gasteiger charge is -2.39. The third-order valence-corrected chi connectivity index (χ3v) is 18.9. The number of nitrogens with zero attached hydrogens (tertiary/aromatic N) is 1. The van der Waals surface area contributed by atoms with Gasteiger partial charge in [-0.1, -0.05) is 57.3 Å². The van der Waals surface area contributed by atoms with Crippen LogP contribution in [0.3, 0.4) is 0 Å². The Hall–Kier alpha value is -3.96. The van der Waals surface area contributed by atoms with E-state index < -0.39 is 32.1 Å². The standard InChI is InChI=1S/C46H63ClN4O9SSi/c1-45(2,3)62(6,7)60-39(33-18-20-37(52)42-34(33)19-21-41(53)50-42)28-48-27-29-25-35(47)36(26-38(29)57-5)49-44(55)58-23-22-51(4)31-14-16-32(17-15-31)59-43(54)46(56,30-11-8-9-12-30)40-13-10-24-61-40/h10,13,18-21,24-26,30-32,39,48,52,56H,8-9,11-12,14-17,22-23,27-28H2,1-7H3,(H,49,55)(H,50,53)/t31?,32?,39-,46+/m0/s1. The number of methoxy groups -OCH3 is 1. The normalized spacial score (nSPS) is 19.0. The highest BCUT2D eigenvalue weighted by molar-refractivity contribution is 7.10. The second-order valence-corrected chi connectivity index (χ2v) is 24.3. The van der Waals surface area contributed by atoms with Crippen LogP contribution >= 0.6 is 22.9 Å². The van der Waals surface area contributed by atoms with E-state index in [4.69, 9.17) is 30.2 Å². The Morgan fingerprint density at radius 1 is 1.05 bits per heavy atom. The van der Waals surface area contributed by atoms with Gasteiger partial charge in [0.2, 0.25) is 5.56 Å². The number of anilines is 1. The summed E-state index contributed by atoms with van der Waals surface area (Å²) in [7, 11) is 1.26. The number of carbonyl (C=O) groups is 2. The number of amides is 1. The molecule has 5 N–H and O–H groups in total. The molecular formula is C46H63ClN4O9SSi. The summed E-state index contributed by atoms with van der Waals surface area (Å²) in [5.41, 5.74) is 0.416. The fourth-order valence-corrected chi connectivity index (χ4v) is 10.8. The Labute approximate surface area is 374 Å². The predicted molar refractivity (Wildman–Crippen MR) is 247 cm³/mol. The average Bonchev–Trinajstić information content (AvgIpc) is 3.98.